The van der Waals surface area contributed by atoms with Crippen molar-refractivity contribution in [2.75, 3.05) is 47.1 Å². The third kappa shape index (κ3) is 10.3. The average molecular weight is 276 g/mol. The van der Waals surface area contributed by atoms with Gasteiger partial charge in [0, 0.05) is 33.9 Å². The minimum Gasteiger partial charge on any atom is -0.480 e. The molecule has 0 aliphatic carbocycles. The maximum Gasteiger partial charge on any atom is 0.323 e. The Morgan fingerprint density at radius 3 is 2.37 bits per heavy atom. The molecule has 0 heterocycles. The van der Waals surface area contributed by atoms with Gasteiger partial charge in [-0.2, -0.15) is 0 Å². The zero-order valence-electron chi connectivity index (χ0n) is 11.7. The van der Waals surface area contributed by atoms with Gasteiger partial charge in [0.05, 0.1) is 6.61 Å². The summed E-state index contributed by atoms with van der Waals surface area (Å²) in [6.45, 7) is 1.50. The second-order valence-corrected chi connectivity index (χ2v) is 4.09. The minimum atomic E-state index is -1.04. The molecule has 0 rings (SSSR count). The number of aliphatic carboxylic acids is 1. The van der Waals surface area contributed by atoms with Crippen LogP contribution in [0.1, 0.15) is 19.3 Å². The van der Waals surface area contributed by atoms with Crippen molar-refractivity contribution in [1.29, 1.82) is 0 Å². The average Bonchev–Trinajstić information content (AvgIpc) is 2.37. The lowest BCUT2D eigenvalue weighted by molar-refractivity contribution is -0.137. The predicted molar refractivity (Wildman–Crippen MR) is 70.2 cm³/mol. The highest BCUT2D eigenvalue weighted by molar-refractivity contribution is 5.80. The van der Waals surface area contributed by atoms with E-state index < -0.39 is 5.97 Å². The highest BCUT2D eigenvalue weighted by Crippen LogP contribution is 1.95. The van der Waals surface area contributed by atoms with Crippen molar-refractivity contribution < 1.29 is 24.2 Å². The summed E-state index contributed by atoms with van der Waals surface area (Å²) in [5.74, 6) is -1.04. The van der Waals surface area contributed by atoms with E-state index in [0.29, 0.717) is 19.8 Å². The molecule has 0 aliphatic rings. The normalized spacial score (nSPS) is 10.2. The van der Waals surface area contributed by atoms with Crippen LogP contribution in [0.3, 0.4) is 0 Å². The first-order chi connectivity index (χ1) is 9.11. The molecular formula is C12H24N2O5. The molecule has 0 aromatic carbocycles. The summed E-state index contributed by atoms with van der Waals surface area (Å²) in [6.07, 6.45) is 2.76. The highest BCUT2D eigenvalue weighted by atomic mass is 16.5. The fourth-order valence-corrected chi connectivity index (χ4v) is 1.47. The Morgan fingerprint density at radius 1 is 1.11 bits per heavy atom. The number of methoxy groups -OCH3 is 2. The van der Waals surface area contributed by atoms with Crippen molar-refractivity contribution in [2.45, 2.75) is 19.3 Å². The summed E-state index contributed by atoms with van der Waals surface area (Å²) >= 11 is 0. The molecule has 112 valence electrons. The Morgan fingerprint density at radius 2 is 1.79 bits per heavy atom. The lowest BCUT2D eigenvalue weighted by Gasteiger charge is -2.20. The van der Waals surface area contributed by atoms with Crippen LogP contribution >= 0.6 is 0 Å². The molecule has 0 bridgehead atoms. The maximum atomic E-state index is 11.7. The predicted octanol–water partition coefficient (Wildman–Crippen LogP) is 0.546. The number of nitrogens with one attached hydrogen (secondary N) is 1. The monoisotopic (exact) mass is 276 g/mol. The Labute approximate surface area is 113 Å². The molecule has 0 aromatic heterocycles. The summed E-state index contributed by atoms with van der Waals surface area (Å²) in [6, 6.07) is -0.369. The molecule has 2 N–H and O–H groups in total. The van der Waals surface area contributed by atoms with Gasteiger partial charge in [-0.25, -0.2) is 4.79 Å². The van der Waals surface area contributed by atoms with Gasteiger partial charge in [0.2, 0.25) is 0 Å². The van der Waals surface area contributed by atoms with Crippen LogP contribution in [-0.4, -0.2) is 69.1 Å². The first-order valence-corrected chi connectivity index (χ1v) is 6.34. The molecule has 7 heteroatoms. The van der Waals surface area contributed by atoms with Crippen molar-refractivity contribution in [3.8, 4) is 0 Å². The Bertz CT molecular complexity index is 261. The first-order valence-electron chi connectivity index (χ1n) is 6.34. The zero-order valence-corrected chi connectivity index (χ0v) is 11.7. The molecule has 0 unspecified atom stereocenters. The van der Waals surface area contributed by atoms with Gasteiger partial charge in [-0.15, -0.1) is 0 Å². The van der Waals surface area contributed by atoms with Crippen molar-refractivity contribution >= 4 is 12.0 Å². The van der Waals surface area contributed by atoms with E-state index >= 15 is 0 Å². The molecule has 0 saturated carbocycles. The molecule has 0 fully saturated rings. The fourth-order valence-electron chi connectivity index (χ4n) is 1.47. The second kappa shape index (κ2) is 11.7. The number of carboxylic acids is 1. The number of nitrogens with zero attached hydrogens (tertiary/aromatic N) is 1. The molecule has 0 radical (unpaired) electrons. The molecule has 0 spiro atoms. The molecule has 0 saturated heterocycles. The van der Waals surface area contributed by atoms with Crippen molar-refractivity contribution in [1.82, 2.24) is 10.2 Å². The molecule has 2 amide bonds. The van der Waals surface area contributed by atoms with E-state index in [2.05, 4.69) is 5.32 Å². The number of carbonyl (C=O) groups is 2. The topological polar surface area (TPSA) is 88.1 Å². The van der Waals surface area contributed by atoms with Crippen LogP contribution in [0.25, 0.3) is 0 Å². The number of carbonyl (C=O) groups excluding carboxylic acids is 1. The summed E-state index contributed by atoms with van der Waals surface area (Å²) in [7, 11) is 3.16. The fraction of sp³-hybridized carbons (Fsp3) is 0.833. The van der Waals surface area contributed by atoms with Crippen molar-refractivity contribution in [3.63, 3.8) is 0 Å². The number of ether oxygens (including phenoxy) is 2. The lowest BCUT2D eigenvalue weighted by atomic mass is 10.2. The lowest BCUT2D eigenvalue weighted by Crippen LogP contribution is -2.44. The van der Waals surface area contributed by atoms with Crippen LogP contribution < -0.4 is 5.32 Å². The van der Waals surface area contributed by atoms with E-state index in [1.54, 1.807) is 7.11 Å². The van der Waals surface area contributed by atoms with Gasteiger partial charge in [0.1, 0.15) is 6.54 Å². The Hall–Kier alpha value is -1.34. The van der Waals surface area contributed by atoms with Gasteiger partial charge >= 0.3 is 12.0 Å². The van der Waals surface area contributed by atoms with Crippen molar-refractivity contribution in [2.24, 2.45) is 0 Å². The van der Waals surface area contributed by atoms with Gasteiger partial charge in [0.25, 0.3) is 0 Å². The van der Waals surface area contributed by atoms with Gasteiger partial charge < -0.3 is 24.8 Å². The van der Waals surface area contributed by atoms with Gasteiger partial charge in [-0.3, -0.25) is 4.79 Å². The number of carboxylic acid groups (broad SMARTS) is 1. The SMILES string of the molecule is COCCCCCNC(=O)N(CCOC)CC(=O)O. The quantitative estimate of drug-likeness (QED) is 0.538. The standard InChI is InChI=1S/C12H24N2O5/c1-18-8-5-3-4-6-13-12(17)14(7-9-19-2)10-11(15)16/h3-10H2,1-2H3,(H,13,17)(H,15,16). The van der Waals surface area contributed by atoms with Gasteiger partial charge in [-0.05, 0) is 19.3 Å². The molecule has 19 heavy (non-hydrogen) atoms. The molecular weight excluding hydrogens is 252 g/mol. The number of hydrogen-bond acceptors (Lipinski definition) is 4. The Kier molecular flexibility index (Phi) is 10.9. The molecule has 0 aliphatic heterocycles. The third-order valence-electron chi connectivity index (χ3n) is 2.48. The third-order valence-corrected chi connectivity index (χ3v) is 2.48. The van der Waals surface area contributed by atoms with Crippen molar-refractivity contribution in [3.05, 3.63) is 0 Å². The zero-order chi connectivity index (χ0) is 14.5. The van der Waals surface area contributed by atoms with Crippen LogP contribution in [-0.2, 0) is 14.3 Å². The van der Waals surface area contributed by atoms with Crippen LogP contribution in [0.2, 0.25) is 0 Å². The molecule has 0 atom stereocenters. The summed E-state index contributed by atoms with van der Waals surface area (Å²) < 4.78 is 9.77. The summed E-state index contributed by atoms with van der Waals surface area (Å²) in [5.41, 5.74) is 0. The Balaban J connectivity index is 3.86. The van der Waals surface area contributed by atoms with E-state index in [9.17, 15) is 9.59 Å². The smallest absolute Gasteiger partial charge is 0.323 e. The summed E-state index contributed by atoms with van der Waals surface area (Å²) in [5, 5.41) is 11.4. The van der Waals surface area contributed by atoms with Crippen LogP contribution in [0.4, 0.5) is 4.79 Å². The van der Waals surface area contributed by atoms with Crippen LogP contribution in [0, 0.1) is 0 Å². The molecule has 0 aromatic rings. The number of unbranched alkanes of at least 4 members (excludes halogenated alkanes) is 2. The van der Waals surface area contributed by atoms with E-state index in [0.717, 1.165) is 19.3 Å². The van der Waals surface area contributed by atoms with E-state index in [1.807, 2.05) is 0 Å². The number of hydrogen-bond donors (Lipinski definition) is 2. The van der Waals surface area contributed by atoms with Crippen LogP contribution in [0.5, 0.6) is 0 Å². The molecule has 7 nitrogen and oxygen atoms in total. The van der Waals surface area contributed by atoms with Gasteiger partial charge in [-0.1, -0.05) is 0 Å². The second-order valence-electron chi connectivity index (χ2n) is 4.09. The van der Waals surface area contributed by atoms with E-state index in [1.165, 1.54) is 12.0 Å². The largest absolute Gasteiger partial charge is 0.480 e. The minimum absolute atomic E-state index is 0.262. The van der Waals surface area contributed by atoms with E-state index in [4.69, 9.17) is 14.6 Å². The van der Waals surface area contributed by atoms with E-state index in [-0.39, 0.29) is 19.1 Å². The summed E-state index contributed by atoms with van der Waals surface area (Å²) in [4.78, 5) is 23.6. The maximum absolute atomic E-state index is 11.7. The highest BCUT2D eigenvalue weighted by Gasteiger charge is 2.15. The number of amides is 2. The van der Waals surface area contributed by atoms with Crippen LogP contribution in [0.15, 0.2) is 0 Å². The van der Waals surface area contributed by atoms with Gasteiger partial charge in [0.15, 0.2) is 0 Å². The number of rotatable bonds is 11. The first kappa shape index (κ1) is 17.7. The number of urea groups is 1.